The lowest BCUT2D eigenvalue weighted by atomic mass is 10.0. The van der Waals surface area contributed by atoms with E-state index in [4.69, 9.17) is 22.3 Å². The second kappa shape index (κ2) is 10.4. The van der Waals surface area contributed by atoms with Crippen LogP contribution in [0.1, 0.15) is 22.3 Å². The topological polar surface area (TPSA) is 127 Å². The van der Waals surface area contributed by atoms with Gasteiger partial charge in [0.1, 0.15) is 11.7 Å². The van der Waals surface area contributed by atoms with Crippen molar-refractivity contribution >= 4 is 11.7 Å². The Morgan fingerprint density at radius 3 is 1.21 bits per heavy atom. The quantitative estimate of drug-likeness (QED) is 0.183. The van der Waals surface area contributed by atoms with Gasteiger partial charge in [-0.05, 0) is 11.1 Å². The lowest BCUT2D eigenvalue weighted by Gasteiger charge is -2.12. The van der Waals surface area contributed by atoms with E-state index in [1.807, 2.05) is 94.1 Å². The largest absolute Gasteiger partial charge is 0.384 e. The summed E-state index contributed by atoms with van der Waals surface area (Å²) in [6, 6.07) is 34.7. The van der Waals surface area contributed by atoms with E-state index in [9.17, 15) is 4.79 Å². The molecule has 4 aromatic carbocycles. The molecule has 188 valence electrons. The second-order valence-electron chi connectivity index (χ2n) is 9.11. The van der Waals surface area contributed by atoms with Gasteiger partial charge in [0, 0.05) is 22.3 Å². The van der Waals surface area contributed by atoms with Gasteiger partial charge < -0.3 is 11.5 Å². The van der Waals surface area contributed by atoms with E-state index < -0.39 is 0 Å². The van der Waals surface area contributed by atoms with Crippen LogP contribution in [0.15, 0.2) is 114 Å². The number of aromatic nitrogens is 2. The fourth-order valence-corrected chi connectivity index (χ4v) is 4.61. The van der Waals surface area contributed by atoms with Crippen molar-refractivity contribution in [3.05, 3.63) is 142 Å². The minimum absolute atomic E-state index is 0.00648. The van der Waals surface area contributed by atoms with E-state index in [1.54, 1.807) is 24.3 Å². The smallest absolute Gasteiger partial charge is 0.329 e. The van der Waals surface area contributed by atoms with Crippen LogP contribution in [0.3, 0.4) is 0 Å². The summed E-state index contributed by atoms with van der Waals surface area (Å²) in [5, 5.41) is 15.4. The molecule has 0 saturated carbocycles. The highest BCUT2D eigenvalue weighted by atomic mass is 16.1. The first-order valence-corrected chi connectivity index (χ1v) is 12.2. The molecular formula is C31H28N6O. The van der Waals surface area contributed by atoms with Gasteiger partial charge >= 0.3 is 5.69 Å². The van der Waals surface area contributed by atoms with Crippen molar-refractivity contribution in [2.75, 3.05) is 0 Å². The highest BCUT2D eigenvalue weighted by molar-refractivity contribution is 5.95. The predicted molar refractivity (Wildman–Crippen MR) is 153 cm³/mol. The van der Waals surface area contributed by atoms with E-state index in [0.717, 1.165) is 33.6 Å². The van der Waals surface area contributed by atoms with Crippen LogP contribution >= 0.6 is 0 Å². The molecule has 7 nitrogen and oxygen atoms in total. The van der Waals surface area contributed by atoms with Gasteiger partial charge in [-0.2, -0.15) is 0 Å². The number of benzene rings is 4. The highest BCUT2D eigenvalue weighted by Gasteiger charge is 2.23. The molecule has 6 N–H and O–H groups in total. The third-order valence-corrected chi connectivity index (χ3v) is 6.53. The first kappa shape index (κ1) is 24.5. The molecule has 0 amide bonds. The van der Waals surface area contributed by atoms with Crippen LogP contribution in [0, 0.1) is 10.8 Å². The zero-order valence-electron chi connectivity index (χ0n) is 20.8. The normalized spacial score (nSPS) is 10.8. The second-order valence-corrected chi connectivity index (χ2v) is 9.11. The van der Waals surface area contributed by atoms with Crippen molar-refractivity contribution in [3.8, 4) is 22.5 Å². The monoisotopic (exact) mass is 500 g/mol. The Morgan fingerprint density at radius 2 is 0.895 bits per heavy atom. The molecular weight excluding hydrogens is 472 g/mol. The average molecular weight is 501 g/mol. The summed E-state index contributed by atoms with van der Waals surface area (Å²) in [5.74, 6) is 0.0130. The van der Waals surface area contributed by atoms with Gasteiger partial charge in [-0.15, -0.1) is 0 Å². The zero-order valence-corrected chi connectivity index (χ0v) is 20.8. The van der Waals surface area contributed by atoms with Crippen LogP contribution < -0.4 is 17.2 Å². The van der Waals surface area contributed by atoms with Crippen LogP contribution in [0.4, 0.5) is 0 Å². The Balaban J connectivity index is 1.71. The number of nitrogen functional groups attached to an aromatic ring is 2. The van der Waals surface area contributed by atoms with Gasteiger partial charge in [0.25, 0.3) is 0 Å². The first-order valence-electron chi connectivity index (χ1n) is 12.2. The maximum Gasteiger partial charge on any atom is 0.329 e. The van der Waals surface area contributed by atoms with Crippen molar-refractivity contribution in [3.63, 3.8) is 0 Å². The fraction of sp³-hybridized carbons (Fsp3) is 0.0645. The number of imidazole rings is 1. The van der Waals surface area contributed by atoms with Crippen LogP contribution in [0.25, 0.3) is 22.5 Å². The van der Waals surface area contributed by atoms with E-state index >= 15 is 0 Å². The Kier molecular flexibility index (Phi) is 6.74. The number of nitrogens with zero attached hydrogens (tertiary/aromatic N) is 2. The molecule has 1 heterocycles. The summed E-state index contributed by atoms with van der Waals surface area (Å²) < 4.78 is 3.62. The van der Waals surface area contributed by atoms with Gasteiger partial charge in [0.05, 0.1) is 24.5 Å². The highest BCUT2D eigenvalue weighted by Crippen LogP contribution is 2.32. The molecule has 0 aliphatic heterocycles. The van der Waals surface area contributed by atoms with Gasteiger partial charge in [0.15, 0.2) is 0 Å². The first-order chi connectivity index (χ1) is 18.4. The maximum absolute atomic E-state index is 14.1. The van der Waals surface area contributed by atoms with E-state index in [2.05, 4.69) is 0 Å². The molecule has 5 rings (SSSR count). The third-order valence-electron chi connectivity index (χ3n) is 6.53. The minimum atomic E-state index is -0.131. The zero-order chi connectivity index (χ0) is 26.6. The maximum atomic E-state index is 14.1. The summed E-state index contributed by atoms with van der Waals surface area (Å²) >= 11 is 0. The SMILES string of the molecule is N=C(N)c1ccc(Cn2c(-c3ccccc3)c(-c3ccccc3)n(Cc3ccc(C(=N)N)cc3)c2=O)cc1. The fourth-order valence-electron chi connectivity index (χ4n) is 4.61. The van der Waals surface area contributed by atoms with E-state index in [1.165, 1.54) is 0 Å². The minimum Gasteiger partial charge on any atom is -0.384 e. The van der Waals surface area contributed by atoms with Crippen LogP contribution in [0.5, 0.6) is 0 Å². The summed E-state index contributed by atoms with van der Waals surface area (Å²) in [4.78, 5) is 14.1. The van der Waals surface area contributed by atoms with Gasteiger partial charge in [0.2, 0.25) is 0 Å². The number of rotatable bonds is 8. The molecule has 1 aromatic heterocycles. The summed E-state index contributed by atoms with van der Waals surface area (Å²) in [7, 11) is 0. The Morgan fingerprint density at radius 1 is 0.553 bits per heavy atom. The molecule has 0 radical (unpaired) electrons. The number of nitrogens with two attached hydrogens (primary N) is 2. The molecule has 38 heavy (non-hydrogen) atoms. The van der Waals surface area contributed by atoms with Crippen LogP contribution in [-0.4, -0.2) is 20.8 Å². The number of hydrogen-bond donors (Lipinski definition) is 4. The van der Waals surface area contributed by atoms with Crippen molar-refractivity contribution < 1.29 is 0 Å². The van der Waals surface area contributed by atoms with Crippen LogP contribution in [0.2, 0.25) is 0 Å². The van der Waals surface area contributed by atoms with Crippen molar-refractivity contribution in [2.45, 2.75) is 13.1 Å². The molecule has 0 saturated heterocycles. The molecule has 0 aliphatic carbocycles. The standard InChI is InChI=1S/C31H28N6O/c32-29(33)25-15-11-21(12-16-25)19-36-27(23-7-3-1-4-8-23)28(24-9-5-2-6-10-24)37(31(36)38)20-22-13-17-26(18-14-22)30(34)35/h1-18H,19-20H2,(H3,32,33)(H3,34,35). The van der Waals surface area contributed by atoms with Crippen molar-refractivity contribution in [1.29, 1.82) is 10.8 Å². The number of nitrogens with one attached hydrogen (secondary N) is 2. The number of hydrogen-bond acceptors (Lipinski definition) is 3. The average Bonchev–Trinajstić information content (AvgIpc) is 3.21. The molecule has 0 fully saturated rings. The molecule has 5 aromatic rings. The molecule has 0 unspecified atom stereocenters. The summed E-state index contributed by atoms with van der Waals surface area (Å²) in [5.41, 5.74) is 17.8. The molecule has 7 heteroatoms. The van der Waals surface area contributed by atoms with Crippen LogP contribution in [-0.2, 0) is 13.1 Å². The Bertz CT molecular complexity index is 1530. The lowest BCUT2D eigenvalue weighted by molar-refractivity contribution is 0.689. The number of amidine groups is 2. The Hall–Kier alpha value is -5.17. The predicted octanol–water partition coefficient (Wildman–Crippen LogP) is 4.65. The molecule has 0 atom stereocenters. The summed E-state index contributed by atoms with van der Waals surface area (Å²) in [6.45, 7) is 0.717. The lowest BCUT2D eigenvalue weighted by Crippen LogP contribution is -2.26. The van der Waals surface area contributed by atoms with E-state index in [-0.39, 0.29) is 17.4 Å². The summed E-state index contributed by atoms with van der Waals surface area (Å²) in [6.07, 6.45) is 0. The van der Waals surface area contributed by atoms with Gasteiger partial charge in [-0.1, -0.05) is 109 Å². The van der Waals surface area contributed by atoms with Gasteiger partial charge in [-0.3, -0.25) is 20.0 Å². The van der Waals surface area contributed by atoms with Crippen molar-refractivity contribution in [1.82, 2.24) is 9.13 Å². The Labute approximate surface area is 220 Å². The van der Waals surface area contributed by atoms with Crippen molar-refractivity contribution in [2.24, 2.45) is 11.5 Å². The molecule has 0 aliphatic rings. The third kappa shape index (κ3) is 4.90. The van der Waals surface area contributed by atoms with E-state index in [0.29, 0.717) is 24.2 Å². The molecule has 0 spiro atoms. The van der Waals surface area contributed by atoms with Gasteiger partial charge in [-0.25, -0.2) is 4.79 Å². The molecule has 0 bridgehead atoms.